The highest BCUT2D eigenvalue weighted by Gasteiger charge is 2.14. The van der Waals surface area contributed by atoms with Crippen LogP contribution >= 0.6 is 11.8 Å². The van der Waals surface area contributed by atoms with E-state index < -0.39 is 5.91 Å². The lowest BCUT2D eigenvalue weighted by atomic mass is 10.1. The largest absolute Gasteiger partial charge is 0.494 e. The topological polar surface area (TPSA) is 95.9 Å². The minimum absolute atomic E-state index is 0.435. The average Bonchev–Trinajstić information content (AvgIpc) is 3.08. The van der Waals surface area contributed by atoms with Crippen molar-refractivity contribution in [3.8, 4) is 11.4 Å². The van der Waals surface area contributed by atoms with Gasteiger partial charge in [-0.15, -0.1) is 5.10 Å². The van der Waals surface area contributed by atoms with Gasteiger partial charge in [-0.3, -0.25) is 4.79 Å². The molecule has 0 atom stereocenters. The number of tetrazole rings is 1. The summed E-state index contributed by atoms with van der Waals surface area (Å²) in [5, 5.41) is 12.6. The number of primary amides is 1. The first-order valence-corrected chi connectivity index (χ1v) is 8.52. The highest BCUT2D eigenvalue weighted by molar-refractivity contribution is 7.98. The number of aryl methyl sites for hydroxylation is 1. The minimum atomic E-state index is -0.435. The summed E-state index contributed by atoms with van der Waals surface area (Å²) in [4.78, 5) is 11.1. The molecule has 25 heavy (non-hydrogen) atoms. The van der Waals surface area contributed by atoms with Crippen LogP contribution in [0.4, 0.5) is 0 Å². The maximum atomic E-state index is 11.1. The molecular formula is C17H17N5O2S. The van der Waals surface area contributed by atoms with E-state index in [0.29, 0.717) is 22.2 Å². The van der Waals surface area contributed by atoms with E-state index in [-0.39, 0.29) is 0 Å². The molecule has 8 heteroatoms. The third kappa shape index (κ3) is 3.80. The Hall–Kier alpha value is -2.87. The van der Waals surface area contributed by atoms with Crippen LogP contribution in [-0.4, -0.2) is 33.2 Å². The van der Waals surface area contributed by atoms with Crippen LogP contribution in [0.15, 0.2) is 47.6 Å². The molecule has 1 aromatic heterocycles. The molecule has 0 radical (unpaired) electrons. The fraction of sp³-hybridized carbons (Fsp3) is 0.176. The van der Waals surface area contributed by atoms with Crippen molar-refractivity contribution in [2.75, 3.05) is 7.11 Å². The summed E-state index contributed by atoms with van der Waals surface area (Å²) in [7, 11) is 1.62. The number of nitrogens with two attached hydrogens (primary N) is 1. The predicted octanol–water partition coefficient (Wildman–Crippen LogP) is 2.37. The molecule has 3 rings (SSSR count). The Balaban J connectivity index is 1.81. The summed E-state index contributed by atoms with van der Waals surface area (Å²) < 4.78 is 7.07. The van der Waals surface area contributed by atoms with Crippen LogP contribution in [0.2, 0.25) is 0 Å². The molecule has 2 aromatic carbocycles. The first kappa shape index (κ1) is 17.0. The third-order valence-electron chi connectivity index (χ3n) is 3.61. The van der Waals surface area contributed by atoms with E-state index >= 15 is 0 Å². The number of nitrogens with zero attached hydrogens (tertiary/aromatic N) is 4. The molecule has 1 heterocycles. The van der Waals surface area contributed by atoms with E-state index in [1.165, 1.54) is 11.8 Å². The predicted molar refractivity (Wildman–Crippen MR) is 95.0 cm³/mol. The van der Waals surface area contributed by atoms with Gasteiger partial charge in [-0.05, 0) is 52.7 Å². The molecule has 0 bridgehead atoms. The first-order chi connectivity index (χ1) is 12.1. The number of aromatic nitrogens is 4. The summed E-state index contributed by atoms with van der Waals surface area (Å²) in [6, 6.07) is 13.0. The molecule has 0 unspecified atom stereocenters. The Morgan fingerprint density at radius 1 is 1.24 bits per heavy atom. The maximum absolute atomic E-state index is 11.1. The second-order valence-corrected chi connectivity index (χ2v) is 6.34. The van der Waals surface area contributed by atoms with Crippen LogP contribution in [0.25, 0.3) is 5.69 Å². The van der Waals surface area contributed by atoms with Gasteiger partial charge in [0.05, 0.1) is 7.11 Å². The van der Waals surface area contributed by atoms with Gasteiger partial charge < -0.3 is 10.5 Å². The van der Waals surface area contributed by atoms with Gasteiger partial charge in [0.25, 0.3) is 0 Å². The molecule has 1 amide bonds. The van der Waals surface area contributed by atoms with Crippen LogP contribution in [-0.2, 0) is 5.75 Å². The van der Waals surface area contributed by atoms with E-state index in [4.69, 9.17) is 10.5 Å². The fourth-order valence-electron chi connectivity index (χ4n) is 2.30. The van der Waals surface area contributed by atoms with Gasteiger partial charge in [-0.2, -0.15) is 4.68 Å². The van der Waals surface area contributed by atoms with Crippen molar-refractivity contribution in [3.05, 3.63) is 59.2 Å². The van der Waals surface area contributed by atoms with Gasteiger partial charge in [-0.1, -0.05) is 30.0 Å². The second-order valence-electron chi connectivity index (χ2n) is 5.40. The normalized spacial score (nSPS) is 10.6. The van der Waals surface area contributed by atoms with Gasteiger partial charge >= 0.3 is 0 Å². The smallest absolute Gasteiger partial charge is 0.248 e. The molecule has 0 saturated heterocycles. The van der Waals surface area contributed by atoms with E-state index in [1.54, 1.807) is 23.9 Å². The maximum Gasteiger partial charge on any atom is 0.248 e. The van der Waals surface area contributed by atoms with E-state index in [0.717, 1.165) is 16.8 Å². The molecule has 0 spiro atoms. The molecule has 0 aliphatic heterocycles. The summed E-state index contributed by atoms with van der Waals surface area (Å²) in [5.41, 5.74) is 8.66. The number of benzene rings is 2. The zero-order chi connectivity index (χ0) is 17.8. The van der Waals surface area contributed by atoms with Gasteiger partial charge in [0.15, 0.2) is 0 Å². The van der Waals surface area contributed by atoms with Crippen LogP contribution in [0.1, 0.15) is 21.5 Å². The molecular weight excluding hydrogens is 338 g/mol. The van der Waals surface area contributed by atoms with Gasteiger partial charge in [0, 0.05) is 11.3 Å². The number of rotatable bonds is 6. The third-order valence-corrected chi connectivity index (χ3v) is 4.60. The molecule has 0 saturated carbocycles. The van der Waals surface area contributed by atoms with Crippen molar-refractivity contribution < 1.29 is 9.53 Å². The van der Waals surface area contributed by atoms with Crippen molar-refractivity contribution in [1.82, 2.24) is 20.2 Å². The van der Waals surface area contributed by atoms with Crippen LogP contribution in [0.3, 0.4) is 0 Å². The number of ether oxygens (including phenoxy) is 1. The lowest BCUT2D eigenvalue weighted by Gasteiger charge is -2.10. The molecule has 0 aliphatic carbocycles. The van der Waals surface area contributed by atoms with Gasteiger partial charge in [0.2, 0.25) is 11.1 Å². The number of thioether (sulfide) groups is 1. The van der Waals surface area contributed by atoms with E-state index in [2.05, 4.69) is 15.5 Å². The Kier molecular flexibility index (Phi) is 4.99. The first-order valence-electron chi connectivity index (χ1n) is 7.53. The molecule has 128 valence electrons. The monoisotopic (exact) mass is 355 g/mol. The van der Waals surface area contributed by atoms with E-state index in [1.807, 2.05) is 37.3 Å². The fourth-order valence-corrected chi connectivity index (χ4v) is 3.14. The highest BCUT2D eigenvalue weighted by atomic mass is 32.2. The van der Waals surface area contributed by atoms with Crippen molar-refractivity contribution in [1.29, 1.82) is 0 Å². The van der Waals surface area contributed by atoms with Crippen molar-refractivity contribution >= 4 is 17.7 Å². The molecule has 0 fully saturated rings. The molecule has 7 nitrogen and oxygen atoms in total. The number of hydrogen-bond donors (Lipinski definition) is 1. The standard InChI is InChI=1S/C17H17N5O2S/c1-11-3-8-15(24-2)14(9-11)22-17(19-20-21-22)25-10-12-4-6-13(7-5-12)16(18)23/h3-9H,10H2,1-2H3,(H2,18,23). The second kappa shape index (κ2) is 7.35. The van der Waals surface area contributed by atoms with Crippen LogP contribution in [0.5, 0.6) is 5.75 Å². The SMILES string of the molecule is COc1ccc(C)cc1-n1nnnc1SCc1ccc(C(N)=O)cc1. The zero-order valence-corrected chi connectivity index (χ0v) is 14.7. The molecule has 0 aliphatic rings. The molecule has 2 N–H and O–H groups in total. The zero-order valence-electron chi connectivity index (χ0n) is 13.8. The minimum Gasteiger partial charge on any atom is -0.494 e. The van der Waals surface area contributed by atoms with Crippen molar-refractivity contribution in [2.24, 2.45) is 5.73 Å². The Labute approximate surface area is 149 Å². The summed E-state index contributed by atoms with van der Waals surface area (Å²) in [6.07, 6.45) is 0. The van der Waals surface area contributed by atoms with Crippen LogP contribution in [0, 0.1) is 6.92 Å². The number of carbonyl (C=O) groups excluding carboxylic acids is 1. The van der Waals surface area contributed by atoms with Crippen LogP contribution < -0.4 is 10.5 Å². The quantitative estimate of drug-likeness (QED) is 0.682. The molecule has 3 aromatic rings. The Bertz CT molecular complexity index is 892. The number of hydrogen-bond acceptors (Lipinski definition) is 6. The highest BCUT2D eigenvalue weighted by Crippen LogP contribution is 2.28. The van der Waals surface area contributed by atoms with Gasteiger partial charge in [-0.25, -0.2) is 0 Å². The number of amides is 1. The van der Waals surface area contributed by atoms with Gasteiger partial charge in [0.1, 0.15) is 11.4 Å². The lowest BCUT2D eigenvalue weighted by molar-refractivity contribution is 0.100. The Morgan fingerprint density at radius 3 is 2.68 bits per heavy atom. The average molecular weight is 355 g/mol. The number of carbonyl (C=O) groups is 1. The summed E-state index contributed by atoms with van der Waals surface area (Å²) >= 11 is 1.50. The summed E-state index contributed by atoms with van der Waals surface area (Å²) in [6.45, 7) is 2.00. The summed E-state index contributed by atoms with van der Waals surface area (Å²) in [5.74, 6) is 0.924. The van der Waals surface area contributed by atoms with E-state index in [9.17, 15) is 4.79 Å². The Morgan fingerprint density at radius 2 is 2.00 bits per heavy atom. The lowest BCUT2D eigenvalue weighted by Crippen LogP contribution is -2.10. The number of methoxy groups -OCH3 is 1. The van der Waals surface area contributed by atoms with Crippen molar-refractivity contribution in [3.63, 3.8) is 0 Å². The van der Waals surface area contributed by atoms with Crippen molar-refractivity contribution in [2.45, 2.75) is 17.8 Å².